The van der Waals surface area contributed by atoms with Crippen molar-refractivity contribution in [1.29, 1.82) is 0 Å². The van der Waals surface area contributed by atoms with Gasteiger partial charge >= 0.3 is 0 Å². The minimum Gasteiger partial charge on any atom is -0.389 e. The third-order valence-corrected chi connectivity index (χ3v) is 2.87. The van der Waals surface area contributed by atoms with Gasteiger partial charge in [0.25, 0.3) is 0 Å². The molecule has 0 aliphatic carbocycles. The molecular formula is C14H23NO2. The fourth-order valence-electron chi connectivity index (χ4n) is 1.73. The van der Waals surface area contributed by atoms with E-state index in [9.17, 15) is 10.2 Å². The van der Waals surface area contributed by atoms with Crippen LogP contribution in [0.25, 0.3) is 0 Å². The van der Waals surface area contributed by atoms with Crippen LogP contribution in [-0.4, -0.2) is 29.9 Å². The summed E-state index contributed by atoms with van der Waals surface area (Å²) in [5.74, 6) is 0. The first-order chi connectivity index (χ1) is 7.86. The largest absolute Gasteiger partial charge is 0.389 e. The van der Waals surface area contributed by atoms with Crippen molar-refractivity contribution in [2.75, 3.05) is 13.6 Å². The van der Waals surface area contributed by atoms with Crippen LogP contribution in [0.5, 0.6) is 0 Å². The van der Waals surface area contributed by atoms with Crippen molar-refractivity contribution in [2.45, 2.75) is 38.4 Å². The van der Waals surface area contributed by atoms with Crippen LogP contribution in [0.4, 0.5) is 0 Å². The Bertz CT molecular complexity index is 357. The average molecular weight is 237 g/mol. The Morgan fingerprint density at radius 2 is 1.88 bits per heavy atom. The third-order valence-electron chi connectivity index (χ3n) is 2.87. The van der Waals surface area contributed by atoms with E-state index < -0.39 is 12.2 Å². The van der Waals surface area contributed by atoms with E-state index >= 15 is 0 Å². The minimum absolute atomic E-state index is 0.0453. The maximum atomic E-state index is 10.0. The standard InChI is InChI=1S/C14H23NO2/c1-14(2,3)11-7-5-6-10(8-11)13(17)12(16)9-15-4/h5-8,12-13,15-17H,9H2,1-4H3. The lowest BCUT2D eigenvalue weighted by Gasteiger charge is -2.23. The smallest absolute Gasteiger partial charge is 0.106 e. The molecule has 1 rings (SSSR count). The fourth-order valence-corrected chi connectivity index (χ4v) is 1.73. The first-order valence-corrected chi connectivity index (χ1v) is 5.97. The summed E-state index contributed by atoms with van der Waals surface area (Å²) in [6.45, 7) is 6.76. The molecule has 1 aromatic rings. The Hall–Kier alpha value is -0.900. The SMILES string of the molecule is CNCC(O)C(O)c1cccc(C(C)(C)C)c1. The van der Waals surface area contributed by atoms with Crippen molar-refractivity contribution in [3.05, 3.63) is 35.4 Å². The lowest BCUT2D eigenvalue weighted by molar-refractivity contribution is 0.0201. The van der Waals surface area contributed by atoms with Crippen LogP contribution in [0.3, 0.4) is 0 Å². The van der Waals surface area contributed by atoms with Gasteiger partial charge in [0.2, 0.25) is 0 Å². The molecule has 3 N–H and O–H groups in total. The van der Waals surface area contributed by atoms with Crippen LogP contribution in [0.1, 0.15) is 38.0 Å². The van der Waals surface area contributed by atoms with Gasteiger partial charge in [-0.25, -0.2) is 0 Å². The number of likely N-dealkylation sites (N-methyl/N-ethyl adjacent to an activating group) is 1. The zero-order chi connectivity index (χ0) is 13.1. The number of aliphatic hydroxyl groups excluding tert-OH is 2. The predicted molar refractivity (Wildman–Crippen MR) is 70.0 cm³/mol. The van der Waals surface area contributed by atoms with Crippen molar-refractivity contribution < 1.29 is 10.2 Å². The quantitative estimate of drug-likeness (QED) is 0.745. The molecule has 3 nitrogen and oxygen atoms in total. The van der Waals surface area contributed by atoms with Crippen molar-refractivity contribution >= 4 is 0 Å². The Kier molecular flexibility index (Phi) is 4.69. The summed E-state index contributed by atoms with van der Waals surface area (Å²) in [5.41, 5.74) is 1.97. The van der Waals surface area contributed by atoms with Gasteiger partial charge in [0, 0.05) is 6.54 Å². The molecule has 2 atom stereocenters. The van der Waals surface area contributed by atoms with Crippen LogP contribution < -0.4 is 5.32 Å². The van der Waals surface area contributed by atoms with Crippen molar-refractivity contribution in [3.63, 3.8) is 0 Å². The second-order valence-corrected chi connectivity index (χ2v) is 5.45. The molecule has 2 unspecified atom stereocenters. The van der Waals surface area contributed by atoms with Gasteiger partial charge in [0.1, 0.15) is 6.10 Å². The van der Waals surface area contributed by atoms with Crippen LogP contribution in [0.2, 0.25) is 0 Å². The maximum absolute atomic E-state index is 10.0. The van der Waals surface area contributed by atoms with E-state index in [4.69, 9.17) is 0 Å². The summed E-state index contributed by atoms with van der Waals surface area (Å²) in [4.78, 5) is 0. The molecule has 0 fully saturated rings. The number of benzene rings is 1. The first kappa shape index (κ1) is 14.2. The number of hydrogen-bond donors (Lipinski definition) is 3. The van der Waals surface area contributed by atoms with E-state index in [0.29, 0.717) is 6.54 Å². The third kappa shape index (κ3) is 3.80. The van der Waals surface area contributed by atoms with Gasteiger partial charge in [-0.2, -0.15) is 0 Å². The van der Waals surface area contributed by atoms with E-state index in [1.807, 2.05) is 24.3 Å². The molecule has 0 bridgehead atoms. The summed E-state index contributed by atoms with van der Waals surface area (Å²) >= 11 is 0. The Morgan fingerprint density at radius 3 is 2.41 bits per heavy atom. The van der Waals surface area contributed by atoms with Gasteiger partial charge in [0.15, 0.2) is 0 Å². The highest BCUT2D eigenvalue weighted by atomic mass is 16.3. The highest BCUT2D eigenvalue weighted by Gasteiger charge is 2.20. The summed E-state index contributed by atoms with van der Waals surface area (Å²) in [5, 5.41) is 22.6. The average Bonchev–Trinajstić information content (AvgIpc) is 2.27. The molecule has 96 valence electrons. The molecule has 0 heterocycles. The van der Waals surface area contributed by atoms with Gasteiger partial charge in [-0.05, 0) is 23.6 Å². The summed E-state index contributed by atoms with van der Waals surface area (Å²) < 4.78 is 0. The van der Waals surface area contributed by atoms with E-state index in [-0.39, 0.29) is 5.41 Å². The molecule has 3 heteroatoms. The topological polar surface area (TPSA) is 52.5 Å². The molecule has 1 aromatic carbocycles. The highest BCUT2D eigenvalue weighted by Crippen LogP contribution is 2.26. The van der Waals surface area contributed by atoms with E-state index in [1.165, 1.54) is 0 Å². The van der Waals surface area contributed by atoms with Gasteiger partial charge in [0.05, 0.1) is 6.10 Å². The lowest BCUT2D eigenvalue weighted by Crippen LogP contribution is -2.29. The molecule has 0 saturated heterocycles. The lowest BCUT2D eigenvalue weighted by atomic mass is 9.85. The number of nitrogens with one attached hydrogen (secondary N) is 1. The molecule has 0 aromatic heterocycles. The molecule has 0 aliphatic heterocycles. The van der Waals surface area contributed by atoms with Gasteiger partial charge in [-0.15, -0.1) is 0 Å². The highest BCUT2D eigenvalue weighted by molar-refractivity contribution is 5.30. The Morgan fingerprint density at radius 1 is 1.24 bits per heavy atom. The zero-order valence-corrected chi connectivity index (χ0v) is 11.1. The zero-order valence-electron chi connectivity index (χ0n) is 11.1. The van der Waals surface area contributed by atoms with E-state index in [1.54, 1.807) is 7.05 Å². The Labute approximate surface area is 103 Å². The molecule has 17 heavy (non-hydrogen) atoms. The van der Waals surface area contributed by atoms with Crippen LogP contribution >= 0.6 is 0 Å². The van der Waals surface area contributed by atoms with E-state index in [0.717, 1.165) is 11.1 Å². The molecule has 0 aliphatic rings. The normalized spacial score (nSPS) is 15.6. The molecule has 0 saturated carbocycles. The molecule has 0 spiro atoms. The van der Waals surface area contributed by atoms with Crippen molar-refractivity contribution in [1.82, 2.24) is 5.32 Å². The van der Waals surface area contributed by atoms with Gasteiger partial charge in [-0.1, -0.05) is 45.0 Å². The van der Waals surface area contributed by atoms with Crippen LogP contribution in [0, 0.1) is 0 Å². The number of hydrogen-bond acceptors (Lipinski definition) is 3. The second-order valence-electron chi connectivity index (χ2n) is 5.45. The fraction of sp³-hybridized carbons (Fsp3) is 0.571. The van der Waals surface area contributed by atoms with Gasteiger partial charge < -0.3 is 15.5 Å². The summed E-state index contributed by atoms with van der Waals surface area (Å²) in [7, 11) is 1.75. The van der Waals surface area contributed by atoms with Crippen molar-refractivity contribution in [2.24, 2.45) is 0 Å². The number of aliphatic hydroxyl groups is 2. The monoisotopic (exact) mass is 237 g/mol. The molecule has 0 amide bonds. The number of rotatable bonds is 4. The minimum atomic E-state index is -0.843. The molecular weight excluding hydrogens is 214 g/mol. The van der Waals surface area contributed by atoms with Crippen molar-refractivity contribution in [3.8, 4) is 0 Å². The summed E-state index contributed by atoms with van der Waals surface area (Å²) in [6, 6.07) is 7.77. The van der Waals surface area contributed by atoms with Crippen LogP contribution in [0.15, 0.2) is 24.3 Å². The van der Waals surface area contributed by atoms with E-state index in [2.05, 4.69) is 26.1 Å². The first-order valence-electron chi connectivity index (χ1n) is 5.97. The van der Waals surface area contributed by atoms with Crippen LogP contribution in [-0.2, 0) is 5.41 Å². The maximum Gasteiger partial charge on any atom is 0.106 e. The van der Waals surface area contributed by atoms with Gasteiger partial charge in [-0.3, -0.25) is 0 Å². The second kappa shape index (κ2) is 5.63. The Balaban J connectivity index is 2.92. The molecule has 0 radical (unpaired) electrons. The summed E-state index contributed by atoms with van der Waals surface area (Å²) in [6.07, 6.45) is -1.63. The predicted octanol–water partition coefficient (Wildman–Crippen LogP) is 1.60.